The second-order valence-corrected chi connectivity index (χ2v) is 6.39. The van der Waals surface area contributed by atoms with E-state index in [9.17, 15) is 9.18 Å². The van der Waals surface area contributed by atoms with Crippen LogP contribution in [0, 0.1) is 5.82 Å². The molecule has 7 heteroatoms. The van der Waals surface area contributed by atoms with E-state index in [1.54, 1.807) is 31.6 Å². The van der Waals surface area contributed by atoms with Crippen molar-refractivity contribution in [1.82, 2.24) is 20.2 Å². The quantitative estimate of drug-likeness (QED) is 0.860. The molecule has 0 unspecified atom stereocenters. The third kappa shape index (κ3) is 4.16. The number of carbonyl (C=O) groups excluding carboxylic acids is 1. The number of methoxy groups -OCH3 is 1. The van der Waals surface area contributed by atoms with Crippen LogP contribution >= 0.6 is 0 Å². The van der Waals surface area contributed by atoms with Gasteiger partial charge in [-0.3, -0.25) is 19.7 Å². The van der Waals surface area contributed by atoms with Gasteiger partial charge >= 0.3 is 0 Å². The number of halogens is 1. The fourth-order valence-electron chi connectivity index (χ4n) is 3.32. The van der Waals surface area contributed by atoms with Gasteiger partial charge in [0.05, 0.1) is 43.5 Å². The first-order chi connectivity index (χ1) is 12.6. The van der Waals surface area contributed by atoms with E-state index in [1.807, 2.05) is 0 Å². The number of carbonyl (C=O) groups is 1. The van der Waals surface area contributed by atoms with E-state index in [-0.39, 0.29) is 17.8 Å². The Kier molecular flexibility index (Phi) is 5.78. The molecule has 0 bridgehead atoms. The first-order valence-corrected chi connectivity index (χ1v) is 8.69. The van der Waals surface area contributed by atoms with Gasteiger partial charge in [0.25, 0.3) is 0 Å². The second kappa shape index (κ2) is 8.23. The third-order valence-corrected chi connectivity index (χ3v) is 4.58. The minimum Gasteiger partial charge on any atom is -0.496 e. The van der Waals surface area contributed by atoms with Crippen LogP contribution in [-0.2, 0) is 17.9 Å². The van der Waals surface area contributed by atoms with Crippen molar-refractivity contribution in [3.05, 3.63) is 53.4 Å². The minimum absolute atomic E-state index is 0.0732. The zero-order valence-electron chi connectivity index (χ0n) is 15.0. The van der Waals surface area contributed by atoms with E-state index >= 15 is 0 Å². The summed E-state index contributed by atoms with van der Waals surface area (Å²) in [7, 11) is 1.55. The van der Waals surface area contributed by atoms with Crippen molar-refractivity contribution in [1.29, 1.82) is 0 Å². The average molecular weight is 358 g/mol. The van der Waals surface area contributed by atoms with Crippen molar-refractivity contribution in [3.8, 4) is 5.75 Å². The predicted molar refractivity (Wildman–Crippen MR) is 94.9 cm³/mol. The molecule has 1 amide bonds. The van der Waals surface area contributed by atoms with Crippen LogP contribution in [0.4, 0.5) is 4.39 Å². The SMILES string of the molecule is COc1cccc(F)c1CN1CCC[C@H]1c1cncc(CNC(C)=O)n1. The number of hydrogen-bond donors (Lipinski definition) is 1. The van der Waals surface area contributed by atoms with Crippen molar-refractivity contribution in [2.45, 2.75) is 38.9 Å². The van der Waals surface area contributed by atoms with Crippen molar-refractivity contribution in [2.24, 2.45) is 0 Å². The molecule has 0 radical (unpaired) electrons. The molecular weight excluding hydrogens is 335 g/mol. The van der Waals surface area contributed by atoms with Crippen LogP contribution in [0.1, 0.15) is 42.8 Å². The maximum absolute atomic E-state index is 14.3. The smallest absolute Gasteiger partial charge is 0.217 e. The van der Waals surface area contributed by atoms with Crippen LogP contribution < -0.4 is 10.1 Å². The van der Waals surface area contributed by atoms with E-state index in [2.05, 4.69) is 20.2 Å². The van der Waals surface area contributed by atoms with E-state index in [1.165, 1.54) is 13.0 Å². The Balaban J connectivity index is 1.79. The van der Waals surface area contributed by atoms with Gasteiger partial charge in [-0.05, 0) is 31.5 Å². The predicted octanol–water partition coefficient (Wildman–Crippen LogP) is 2.60. The molecule has 1 aliphatic rings. The Labute approximate surface area is 152 Å². The molecule has 26 heavy (non-hydrogen) atoms. The van der Waals surface area contributed by atoms with E-state index in [0.717, 1.165) is 25.1 Å². The molecule has 0 spiro atoms. The molecule has 0 aliphatic carbocycles. The van der Waals surface area contributed by atoms with Gasteiger partial charge in [-0.1, -0.05) is 6.07 Å². The van der Waals surface area contributed by atoms with E-state index in [0.29, 0.717) is 30.1 Å². The van der Waals surface area contributed by atoms with Gasteiger partial charge in [0, 0.05) is 19.0 Å². The summed E-state index contributed by atoms with van der Waals surface area (Å²) < 4.78 is 19.6. The highest BCUT2D eigenvalue weighted by Gasteiger charge is 2.29. The summed E-state index contributed by atoms with van der Waals surface area (Å²) in [5, 5.41) is 2.73. The van der Waals surface area contributed by atoms with Crippen LogP contribution in [0.3, 0.4) is 0 Å². The monoisotopic (exact) mass is 358 g/mol. The minimum atomic E-state index is -0.263. The Morgan fingerprint density at radius 3 is 3.04 bits per heavy atom. The largest absolute Gasteiger partial charge is 0.496 e. The van der Waals surface area contributed by atoms with Gasteiger partial charge in [0.15, 0.2) is 0 Å². The van der Waals surface area contributed by atoms with Gasteiger partial charge in [-0.15, -0.1) is 0 Å². The lowest BCUT2D eigenvalue weighted by Gasteiger charge is -2.25. The highest BCUT2D eigenvalue weighted by Crippen LogP contribution is 2.34. The molecule has 1 aromatic carbocycles. The molecule has 1 N–H and O–H groups in total. The normalized spacial score (nSPS) is 17.3. The summed E-state index contributed by atoms with van der Waals surface area (Å²) in [6.07, 6.45) is 5.35. The highest BCUT2D eigenvalue weighted by atomic mass is 19.1. The van der Waals surface area contributed by atoms with Gasteiger partial charge in [-0.25, -0.2) is 4.39 Å². The van der Waals surface area contributed by atoms with Gasteiger partial charge in [0.2, 0.25) is 5.91 Å². The second-order valence-electron chi connectivity index (χ2n) is 6.39. The number of aromatic nitrogens is 2. The molecule has 6 nitrogen and oxygen atoms in total. The van der Waals surface area contributed by atoms with E-state index in [4.69, 9.17) is 4.74 Å². The molecule has 0 saturated carbocycles. The zero-order chi connectivity index (χ0) is 18.5. The summed E-state index contributed by atoms with van der Waals surface area (Å²) in [5.41, 5.74) is 2.12. The lowest BCUT2D eigenvalue weighted by Crippen LogP contribution is -2.25. The van der Waals surface area contributed by atoms with E-state index < -0.39 is 0 Å². The van der Waals surface area contributed by atoms with Crippen LogP contribution in [0.25, 0.3) is 0 Å². The van der Waals surface area contributed by atoms with Crippen LogP contribution in [0.2, 0.25) is 0 Å². The Morgan fingerprint density at radius 1 is 1.42 bits per heavy atom. The third-order valence-electron chi connectivity index (χ3n) is 4.58. The lowest BCUT2D eigenvalue weighted by atomic mass is 10.1. The summed E-state index contributed by atoms with van der Waals surface area (Å²) in [5.74, 6) is 0.188. The highest BCUT2D eigenvalue weighted by molar-refractivity contribution is 5.72. The summed E-state index contributed by atoms with van der Waals surface area (Å²) >= 11 is 0. The van der Waals surface area contributed by atoms with Crippen molar-refractivity contribution in [2.75, 3.05) is 13.7 Å². The standard InChI is InChI=1S/C19H23FN4O2/c1-13(25)22-10-14-9-21-11-17(23-14)18-6-4-8-24(18)12-15-16(20)5-3-7-19(15)26-2/h3,5,7,9,11,18H,4,6,8,10,12H2,1-2H3,(H,22,25)/t18-/m0/s1. The fourth-order valence-corrected chi connectivity index (χ4v) is 3.32. The number of benzene rings is 1. The number of hydrogen-bond acceptors (Lipinski definition) is 5. The van der Waals surface area contributed by atoms with Gasteiger partial charge in [0.1, 0.15) is 11.6 Å². The number of nitrogens with zero attached hydrogens (tertiary/aromatic N) is 3. The maximum Gasteiger partial charge on any atom is 0.217 e. The molecular formula is C19H23FN4O2. The van der Waals surface area contributed by atoms with Crippen molar-refractivity contribution < 1.29 is 13.9 Å². The van der Waals surface area contributed by atoms with Gasteiger partial charge < -0.3 is 10.1 Å². The molecule has 1 atom stereocenters. The topological polar surface area (TPSA) is 67.3 Å². The summed E-state index contributed by atoms with van der Waals surface area (Å²) in [6.45, 7) is 3.14. The molecule has 2 aromatic rings. The Hall–Kier alpha value is -2.54. The molecule has 1 aromatic heterocycles. The van der Waals surface area contributed by atoms with Crippen molar-refractivity contribution in [3.63, 3.8) is 0 Å². The first-order valence-electron chi connectivity index (χ1n) is 8.69. The molecule has 1 saturated heterocycles. The van der Waals surface area contributed by atoms with Gasteiger partial charge in [-0.2, -0.15) is 0 Å². The fraction of sp³-hybridized carbons (Fsp3) is 0.421. The number of nitrogens with one attached hydrogen (secondary N) is 1. The van der Waals surface area contributed by atoms with Crippen LogP contribution in [0.15, 0.2) is 30.6 Å². The number of likely N-dealkylation sites (tertiary alicyclic amines) is 1. The summed E-state index contributed by atoms with van der Waals surface area (Å²) in [4.78, 5) is 22.2. The zero-order valence-corrected chi connectivity index (χ0v) is 15.0. The molecule has 138 valence electrons. The average Bonchev–Trinajstić information content (AvgIpc) is 3.10. The number of amides is 1. The lowest BCUT2D eigenvalue weighted by molar-refractivity contribution is -0.119. The number of ether oxygens (including phenoxy) is 1. The molecule has 1 fully saturated rings. The first kappa shape index (κ1) is 18.3. The molecule has 2 heterocycles. The number of rotatable bonds is 6. The Morgan fingerprint density at radius 2 is 2.27 bits per heavy atom. The Bertz CT molecular complexity index is 784. The summed E-state index contributed by atoms with van der Waals surface area (Å²) in [6, 6.07) is 4.95. The molecule has 1 aliphatic heterocycles. The van der Waals surface area contributed by atoms with Crippen LogP contribution in [0.5, 0.6) is 5.75 Å². The maximum atomic E-state index is 14.3. The molecule has 3 rings (SSSR count). The van der Waals surface area contributed by atoms with Crippen molar-refractivity contribution >= 4 is 5.91 Å². The van der Waals surface area contributed by atoms with Crippen LogP contribution in [-0.4, -0.2) is 34.4 Å².